The third kappa shape index (κ3) is 4.59. The molecule has 1 aliphatic heterocycles. The molecule has 0 bridgehead atoms. The fraction of sp³-hybridized carbons (Fsp3) is 0.0169. The van der Waals surface area contributed by atoms with E-state index in [-0.39, 0.29) is 0 Å². The number of rotatable bonds is 4. The van der Waals surface area contributed by atoms with Crippen LogP contribution < -0.4 is 9.64 Å². The van der Waals surface area contributed by atoms with Crippen molar-refractivity contribution in [3.8, 4) is 28.3 Å². The van der Waals surface area contributed by atoms with Gasteiger partial charge < -0.3 is 18.6 Å². The number of fused-ring (bicyclic) bond motifs is 14. The third-order valence-electron chi connectivity index (χ3n) is 13.6. The van der Waals surface area contributed by atoms with Crippen molar-refractivity contribution in [2.45, 2.75) is 5.41 Å². The van der Waals surface area contributed by atoms with E-state index in [4.69, 9.17) is 9.15 Å². The maximum atomic E-state index is 6.70. The highest BCUT2D eigenvalue weighted by Gasteiger charge is 2.49. The van der Waals surface area contributed by atoms with Crippen LogP contribution in [0.15, 0.2) is 223 Å². The van der Waals surface area contributed by atoms with E-state index in [0.29, 0.717) is 0 Å². The summed E-state index contributed by atoms with van der Waals surface area (Å²) in [6.07, 6.45) is 0. The van der Waals surface area contributed by atoms with E-state index in [1.165, 1.54) is 43.8 Å². The van der Waals surface area contributed by atoms with E-state index in [2.05, 4.69) is 222 Å². The maximum absolute atomic E-state index is 6.70. The van der Waals surface area contributed by atoms with Gasteiger partial charge in [-0.1, -0.05) is 152 Å². The SMILES string of the molecule is c1ccc(N(c2ccc3c4ccccc4n(-c4cccc5oc6ccccc6c45)c3c2)c2ccc3c4c(cccc24)C2(c4ccccc4Oc4ccccc42)c2ccccc2-3)cc1. The number of benzene rings is 10. The second-order valence-electron chi connectivity index (χ2n) is 16.7. The smallest absolute Gasteiger partial charge is 0.137 e. The van der Waals surface area contributed by atoms with Gasteiger partial charge >= 0.3 is 0 Å². The Kier molecular flexibility index (Phi) is 7.01. The van der Waals surface area contributed by atoms with Crippen molar-refractivity contribution in [3.63, 3.8) is 0 Å². The summed E-state index contributed by atoms with van der Waals surface area (Å²) in [6.45, 7) is 0. The molecule has 1 spiro atoms. The summed E-state index contributed by atoms with van der Waals surface area (Å²) in [7, 11) is 0. The van der Waals surface area contributed by atoms with E-state index >= 15 is 0 Å². The lowest BCUT2D eigenvalue weighted by Crippen LogP contribution is -2.36. The maximum Gasteiger partial charge on any atom is 0.137 e. The minimum absolute atomic E-state index is 0.608. The molecule has 0 fully saturated rings. The quantitative estimate of drug-likeness (QED) is 0.178. The van der Waals surface area contributed by atoms with Crippen LogP contribution >= 0.6 is 0 Å². The van der Waals surface area contributed by atoms with Crippen LogP contribution in [0.25, 0.3) is 71.3 Å². The third-order valence-corrected chi connectivity index (χ3v) is 13.6. The number of anilines is 3. The largest absolute Gasteiger partial charge is 0.457 e. The monoisotopic (exact) mass is 804 g/mol. The van der Waals surface area contributed by atoms with Crippen molar-refractivity contribution in [2.24, 2.45) is 0 Å². The summed E-state index contributed by atoms with van der Waals surface area (Å²) in [4.78, 5) is 2.44. The first-order valence-electron chi connectivity index (χ1n) is 21.6. The molecule has 1 aliphatic carbocycles. The molecule has 0 amide bonds. The molecule has 14 rings (SSSR count). The Morgan fingerprint density at radius 3 is 1.86 bits per heavy atom. The molecule has 2 aromatic heterocycles. The first-order valence-corrected chi connectivity index (χ1v) is 21.6. The number of nitrogens with zero attached hydrogens (tertiary/aromatic N) is 2. The fourth-order valence-corrected chi connectivity index (χ4v) is 11.2. The Bertz CT molecular complexity index is 3810. The highest BCUT2D eigenvalue weighted by atomic mass is 16.5. The van der Waals surface area contributed by atoms with Gasteiger partial charge in [-0.2, -0.15) is 0 Å². The lowest BCUT2D eigenvalue weighted by Gasteiger charge is -2.45. The molecule has 0 saturated heterocycles. The molecule has 0 saturated carbocycles. The molecule has 294 valence electrons. The Morgan fingerprint density at radius 1 is 0.381 bits per heavy atom. The van der Waals surface area contributed by atoms with Gasteiger partial charge in [-0.25, -0.2) is 0 Å². The van der Waals surface area contributed by atoms with Gasteiger partial charge in [0.1, 0.15) is 22.7 Å². The van der Waals surface area contributed by atoms with E-state index in [1.807, 2.05) is 6.07 Å². The van der Waals surface area contributed by atoms with Gasteiger partial charge in [0, 0.05) is 44.0 Å². The molecule has 12 aromatic rings. The molecule has 3 heterocycles. The van der Waals surface area contributed by atoms with Gasteiger partial charge in [-0.3, -0.25) is 0 Å². The van der Waals surface area contributed by atoms with Crippen molar-refractivity contribution >= 4 is 71.6 Å². The van der Waals surface area contributed by atoms with Crippen molar-refractivity contribution in [3.05, 3.63) is 241 Å². The number of aromatic nitrogens is 1. The summed E-state index contributed by atoms with van der Waals surface area (Å²) < 4.78 is 15.6. The van der Waals surface area contributed by atoms with Gasteiger partial charge in [-0.05, 0) is 94.4 Å². The molecule has 2 aliphatic rings. The minimum atomic E-state index is -0.608. The first-order chi connectivity index (χ1) is 31.3. The molecule has 4 nitrogen and oxygen atoms in total. The Balaban J connectivity index is 1.07. The van der Waals surface area contributed by atoms with Crippen molar-refractivity contribution in [2.75, 3.05) is 4.90 Å². The fourth-order valence-electron chi connectivity index (χ4n) is 11.2. The standard InChI is InChI=1S/C59H36N2O2/c1-2-16-37(17-3-1)60(38-32-33-41-40-19-5-10-26-49(40)61(52(41)36-38)51-27-15-31-56-58(51)44-20-6-11-28-53(44)62-56)50-35-34-42-39-18-4-7-22-45(39)59(48-25-14-21-43(50)57(42)48)46-23-8-12-29-54(46)63-55-30-13-9-24-47(55)59/h1-36H. The molecule has 63 heavy (non-hydrogen) atoms. The molecule has 0 unspecified atom stereocenters. The van der Waals surface area contributed by atoms with E-state index in [9.17, 15) is 0 Å². The predicted octanol–water partition coefficient (Wildman–Crippen LogP) is 15.8. The van der Waals surface area contributed by atoms with Crippen LogP contribution in [-0.4, -0.2) is 4.57 Å². The van der Waals surface area contributed by atoms with Gasteiger partial charge in [-0.15, -0.1) is 0 Å². The molecule has 0 radical (unpaired) electrons. The highest BCUT2D eigenvalue weighted by Crippen LogP contribution is 2.62. The molecule has 0 N–H and O–H groups in total. The lowest BCUT2D eigenvalue weighted by atomic mass is 9.58. The predicted molar refractivity (Wildman–Crippen MR) is 258 cm³/mol. The van der Waals surface area contributed by atoms with Crippen molar-refractivity contribution in [1.29, 1.82) is 0 Å². The van der Waals surface area contributed by atoms with E-state index < -0.39 is 5.41 Å². The van der Waals surface area contributed by atoms with Crippen LogP contribution in [-0.2, 0) is 5.41 Å². The summed E-state index contributed by atoms with van der Waals surface area (Å²) in [5, 5.41) is 7.04. The van der Waals surface area contributed by atoms with Gasteiger partial charge in [0.05, 0.1) is 33.2 Å². The molecule has 10 aromatic carbocycles. The van der Waals surface area contributed by atoms with Crippen LogP contribution in [0.1, 0.15) is 22.3 Å². The second-order valence-corrected chi connectivity index (χ2v) is 16.7. The van der Waals surface area contributed by atoms with Crippen LogP contribution in [0, 0.1) is 0 Å². The summed E-state index contributed by atoms with van der Waals surface area (Å²) in [6, 6.07) is 79.0. The number of furan rings is 1. The number of ether oxygens (including phenoxy) is 1. The van der Waals surface area contributed by atoms with Crippen molar-refractivity contribution < 1.29 is 9.15 Å². The Morgan fingerprint density at radius 2 is 1.02 bits per heavy atom. The Labute approximate surface area is 363 Å². The van der Waals surface area contributed by atoms with Gasteiger partial charge in [0.2, 0.25) is 0 Å². The van der Waals surface area contributed by atoms with Crippen LogP contribution in [0.2, 0.25) is 0 Å². The van der Waals surface area contributed by atoms with E-state index in [0.717, 1.165) is 78.3 Å². The summed E-state index contributed by atoms with van der Waals surface area (Å²) >= 11 is 0. The zero-order chi connectivity index (χ0) is 41.2. The first kappa shape index (κ1) is 34.4. The molecular formula is C59H36N2O2. The summed E-state index contributed by atoms with van der Waals surface area (Å²) in [5.74, 6) is 1.77. The molecular weight excluding hydrogens is 769 g/mol. The average Bonchev–Trinajstić information content (AvgIpc) is 3.89. The normalized spacial score (nSPS) is 13.3. The second kappa shape index (κ2) is 12.8. The zero-order valence-electron chi connectivity index (χ0n) is 34.0. The number of para-hydroxylation sites is 5. The van der Waals surface area contributed by atoms with Crippen LogP contribution in [0.4, 0.5) is 17.1 Å². The number of hydrogen-bond donors (Lipinski definition) is 0. The average molecular weight is 805 g/mol. The van der Waals surface area contributed by atoms with Gasteiger partial charge in [0.25, 0.3) is 0 Å². The minimum Gasteiger partial charge on any atom is -0.457 e. The lowest BCUT2D eigenvalue weighted by molar-refractivity contribution is 0.435. The Hall–Kier alpha value is -8.34. The number of hydrogen-bond acceptors (Lipinski definition) is 3. The topological polar surface area (TPSA) is 30.5 Å². The molecule has 0 atom stereocenters. The van der Waals surface area contributed by atoms with Crippen LogP contribution in [0.3, 0.4) is 0 Å². The van der Waals surface area contributed by atoms with Crippen LogP contribution in [0.5, 0.6) is 11.5 Å². The highest BCUT2D eigenvalue weighted by molar-refractivity contribution is 6.16. The van der Waals surface area contributed by atoms with E-state index in [1.54, 1.807) is 0 Å². The zero-order valence-corrected chi connectivity index (χ0v) is 34.0. The van der Waals surface area contributed by atoms with Crippen molar-refractivity contribution in [1.82, 2.24) is 4.57 Å². The molecule has 4 heteroatoms. The summed E-state index contributed by atoms with van der Waals surface area (Å²) in [5.41, 5.74) is 15.1. The van der Waals surface area contributed by atoms with Gasteiger partial charge in [0.15, 0.2) is 0 Å².